The minimum absolute atomic E-state index is 0.155. The number of para-hydroxylation sites is 1. The van der Waals surface area contributed by atoms with Gasteiger partial charge in [-0.1, -0.05) is 18.2 Å². The molecule has 0 amide bonds. The van der Waals surface area contributed by atoms with Gasteiger partial charge in [-0.05, 0) is 31.0 Å². The van der Waals surface area contributed by atoms with Crippen LogP contribution in [0.15, 0.2) is 42.6 Å². The van der Waals surface area contributed by atoms with Crippen LogP contribution in [0, 0.1) is 5.41 Å². The number of hydrogen-bond acceptors (Lipinski definition) is 3. The van der Waals surface area contributed by atoms with E-state index in [9.17, 15) is 5.11 Å². The lowest BCUT2D eigenvalue weighted by Gasteiger charge is -2.11. The first kappa shape index (κ1) is 12.4. The van der Waals surface area contributed by atoms with E-state index in [1.165, 1.54) is 0 Å². The van der Waals surface area contributed by atoms with Crippen LogP contribution in [0.25, 0.3) is 5.69 Å². The van der Waals surface area contributed by atoms with Gasteiger partial charge in [-0.2, -0.15) is 5.10 Å². The van der Waals surface area contributed by atoms with Crippen LogP contribution >= 0.6 is 0 Å². The molecule has 100 valence electrons. The standard InChI is InChI=1S/C15H19N3O/c19-12-15(7-8-15)11-16-10-13-6-9-18(17-13)14-4-2-1-3-5-14/h1-6,9,16,19H,7-8,10-12H2. The molecule has 4 nitrogen and oxygen atoms in total. The fourth-order valence-electron chi connectivity index (χ4n) is 2.20. The van der Waals surface area contributed by atoms with Crippen molar-refractivity contribution >= 4 is 0 Å². The van der Waals surface area contributed by atoms with Gasteiger partial charge in [0.2, 0.25) is 0 Å². The van der Waals surface area contributed by atoms with Crippen molar-refractivity contribution in [1.29, 1.82) is 0 Å². The first-order valence-electron chi connectivity index (χ1n) is 6.73. The molecule has 0 saturated heterocycles. The van der Waals surface area contributed by atoms with Crippen LogP contribution in [0.3, 0.4) is 0 Å². The fraction of sp³-hybridized carbons (Fsp3) is 0.400. The van der Waals surface area contributed by atoms with Gasteiger partial charge in [-0.15, -0.1) is 0 Å². The summed E-state index contributed by atoms with van der Waals surface area (Å²) in [5, 5.41) is 17.2. The fourth-order valence-corrected chi connectivity index (χ4v) is 2.20. The normalized spacial score (nSPS) is 16.5. The summed E-state index contributed by atoms with van der Waals surface area (Å²) >= 11 is 0. The zero-order valence-electron chi connectivity index (χ0n) is 10.9. The Kier molecular flexibility index (Phi) is 3.36. The molecule has 19 heavy (non-hydrogen) atoms. The zero-order valence-corrected chi connectivity index (χ0v) is 10.9. The third-order valence-corrected chi connectivity index (χ3v) is 3.76. The highest BCUT2D eigenvalue weighted by Crippen LogP contribution is 2.44. The van der Waals surface area contributed by atoms with Crippen LogP contribution in [-0.2, 0) is 6.54 Å². The lowest BCUT2D eigenvalue weighted by Crippen LogP contribution is -2.26. The van der Waals surface area contributed by atoms with E-state index < -0.39 is 0 Å². The number of hydrogen-bond donors (Lipinski definition) is 2. The number of aliphatic hydroxyl groups excluding tert-OH is 1. The first-order chi connectivity index (χ1) is 9.31. The smallest absolute Gasteiger partial charge is 0.0766 e. The summed E-state index contributed by atoms with van der Waals surface area (Å²) < 4.78 is 1.88. The summed E-state index contributed by atoms with van der Waals surface area (Å²) in [6.45, 7) is 1.92. The van der Waals surface area contributed by atoms with E-state index in [1.807, 2.05) is 47.3 Å². The van der Waals surface area contributed by atoms with Crippen molar-refractivity contribution in [2.75, 3.05) is 13.2 Å². The van der Waals surface area contributed by atoms with Crippen LogP contribution in [0.2, 0.25) is 0 Å². The average Bonchev–Trinajstić information content (AvgIpc) is 3.09. The molecule has 1 aromatic heterocycles. The minimum atomic E-state index is 0.155. The molecule has 1 saturated carbocycles. The molecule has 0 atom stereocenters. The second kappa shape index (κ2) is 5.15. The molecule has 4 heteroatoms. The minimum Gasteiger partial charge on any atom is -0.396 e. The van der Waals surface area contributed by atoms with Crippen molar-refractivity contribution in [2.45, 2.75) is 19.4 Å². The van der Waals surface area contributed by atoms with Crippen molar-refractivity contribution in [1.82, 2.24) is 15.1 Å². The van der Waals surface area contributed by atoms with E-state index in [4.69, 9.17) is 0 Å². The van der Waals surface area contributed by atoms with Gasteiger partial charge in [0.1, 0.15) is 0 Å². The third-order valence-electron chi connectivity index (χ3n) is 3.76. The second-order valence-corrected chi connectivity index (χ2v) is 5.35. The Morgan fingerprint density at radius 3 is 2.68 bits per heavy atom. The summed E-state index contributed by atoms with van der Waals surface area (Å²) in [6, 6.07) is 12.1. The van der Waals surface area contributed by atoms with Gasteiger partial charge in [0.25, 0.3) is 0 Å². The van der Waals surface area contributed by atoms with Gasteiger partial charge in [0, 0.05) is 31.3 Å². The maximum absolute atomic E-state index is 9.25. The SMILES string of the molecule is OCC1(CNCc2ccn(-c3ccccc3)n2)CC1. The van der Waals surface area contributed by atoms with Crippen molar-refractivity contribution in [3.05, 3.63) is 48.3 Å². The Hall–Kier alpha value is -1.65. The zero-order chi connectivity index (χ0) is 13.1. The Balaban J connectivity index is 1.57. The van der Waals surface area contributed by atoms with Crippen LogP contribution in [0.4, 0.5) is 0 Å². The highest BCUT2D eigenvalue weighted by Gasteiger charge is 2.41. The predicted molar refractivity (Wildman–Crippen MR) is 74.0 cm³/mol. The molecule has 3 rings (SSSR count). The largest absolute Gasteiger partial charge is 0.396 e. The summed E-state index contributed by atoms with van der Waals surface area (Å²) in [5.41, 5.74) is 2.25. The summed E-state index contributed by atoms with van der Waals surface area (Å²) in [6.07, 6.45) is 4.25. The molecule has 0 radical (unpaired) electrons. The van der Waals surface area contributed by atoms with Crippen LogP contribution in [0.1, 0.15) is 18.5 Å². The molecule has 1 aliphatic rings. The van der Waals surface area contributed by atoms with Gasteiger partial charge < -0.3 is 10.4 Å². The van der Waals surface area contributed by atoms with Crippen molar-refractivity contribution in [3.8, 4) is 5.69 Å². The van der Waals surface area contributed by atoms with Crippen molar-refractivity contribution in [2.24, 2.45) is 5.41 Å². The van der Waals surface area contributed by atoms with Crippen LogP contribution in [-0.4, -0.2) is 28.0 Å². The summed E-state index contributed by atoms with van der Waals surface area (Å²) in [5.74, 6) is 0. The van der Waals surface area contributed by atoms with E-state index in [0.29, 0.717) is 6.61 Å². The molecule has 0 aliphatic heterocycles. The van der Waals surface area contributed by atoms with Crippen molar-refractivity contribution < 1.29 is 5.11 Å². The maximum Gasteiger partial charge on any atom is 0.0766 e. The molecule has 0 bridgehead atoms. The number of aromatic nitrogens is 2. The Morgan fingerprint density at radius 2 is 2.00 bits per heavy atom. The van der Waals surface area contributed by atoms with E-state index in [2.05, 4.69) is 10.4 Å². The van der Waals surface area contributed by atoms with Gasteiger partial charge in [0.15, 0.2) is 0 Å². The molecule has 1 heterocycles. The van der Waals surface area contributed by atoms with Gasteiger partial charge >= 0.3 is 0 Å². The van der Waals surface area contributed by atoms with Gasteiger partial charge in [-0.25, -0.2) is 4.68 Å². The number of nitrogens with zero attached hydrogens (tertiary/aromatic N) is 2. The molecule has 1 aliphatic carbocycles. The Labute approximate surface area is 113 Å². The Morgan fingerprint density at radius 1 is 1.21 bits per heavy atom. The number of benzene rings is 1. The molecule has 1 aromatic carbocycles. The molecule has 1 fully saturated rings. The topological polar surface area (TPSA) is 50.1 Å². The van der Waals surface area contributed by atoms with E-state index in [-0.39, 0.29) is 5.41 Å². The molecule has 2 N–H and O–H groups in total. The quantitative estimate of drug-likeness (QED) is 0.828. The number of nitrogens with one attached hydrogen (secondary N) is 1. The lowest BCUT2D eigenvalue weighted by atomic mass is 10.1. The monoisotopic (exact) mass is 257 g/mol. The Bertz CT molecular complexity index is 531. The second-order valence-electron chi connectivity index (χ2n) is 5.35. The van der Waals surface area contributed by atoms with Gasteiger partial charge in [0.05, 0.1) is 11.4 Å². The van der Waals surface area contributed by atoms with Crippen LogP contribution < -0.4 is 5.32 Å². The number of rotatable bonds is 6. The van der Waals surface area contributed by atoms with E-state index in [0.717, 1.165) is 37.3 Å². The highest BCUT2D eigenvalue weighted by molar-refractivity contribution is 5.30. The maximum atomic E-state index is 9.25. The third kappa shape index (κ3) is 2.85. The first-order valence-corrected chi connectivity index (χ1v) is 6.73. The average molecular weight is 257 g/mol. The van der Waals surface area contributed by atoms with E-state index in [1.54, 1.807) is 0 Å². The molecule has 0 unspecified atom stereocenters. The van der Waals surface area contributed by atoms with Crippen LogP contribution in [0.5, 0.6) is 0 Å². The number of aliphatic hydroxyl groups is 1. The predicted octanol–water partition coefficient (Wildman–Crippen LogP) is 1.73. The molecular weight excluding hydrogens is 238 g/mol. The lowest BCUT2D eigenvalue weighted by molar-refractivity contribution is 0.207. The molecule has 2 aromatic rings. The summed E-state index contributed by atoms with van der Waals surface area (Å²) in [4.78, 5) is 0. The molecule has 0 spiro atoms. The molecular formula is C15H19N3O. The van der Waals surface area contributed by atoms with Gasteiger partial charge in [-0.3, -0.25) is 0 Å². The van der Waals surface area contributed by atoms with Crippen molar-refractivity contribution in [3.63, 3.8) is 0 Å². The highest BCUT2D eigenvalue weighted by atomic mass is 16.3. The summed E-state index contributed by atoms with van der Waals surface area (Å²) in [7, 11) is 0. The van der Waals surface area contributed by atoms with E-state index >= 15 is 0 Å².